The SMILES string of the molecule is C[C@@H](c1c[nH]c2ccccc12)[C@@H](NC(=O)C1CCC(c2ccccc2)CC1)C(=O)Nc1cccc(CN(C)C)c1. The van der Waals surface area contributed by atoms with Gasteiger partial charge in [-0.3, -0.25) is 9.59 Å². The average molecular weight is 537 g/mol. The number of carbonyl (C=O) groups is 2. The number of nitrogens with zero attached hydrogens (tertiary/aromatic N) is 1. The zero-order valence-corrected chi connectivity index (χ0v) is 23.7. The Bertz CT molecular complexity index is 1440. The summed E-state index contributed by atoms with van der Waals surface area (Å²) in [6, 6.07) is 25.8. The highest BCUT2D eigenvalue weighted by Crippen LogP contribution is 2.36. The van der Waals surface area contributed by atoms with E-state index in [0.717, 1.165) is 59.9 Å². The second-order valence-corrected chi connectivity index (χ2v) is 11.5. The molecule has 5 rings (SSSR count). The molecule has 40 heavy (non-hydrogen) atoms. The first-order valence-electron chi connectivity index (χ1n) is 14.3. The minimum Gasteiger partial charge on any atom is -0.361 e. The van der Waals surface area contributed by atoms with Crippen molar-refractivity contribution in [3.8, 4) is 0 Å². The largest absolute Gasteiger partial charge is 0.361 e. The molecule has 3 aromatic carbocycles. The molecule has 2 amide bonds. The van der Waals surface area contributed by atoms with Gasteiger partial charge in [-0.15, -0.1) is 0 Å². The number of hydrogen-bond acceptors (Lipinski definition) is 3. The maximum absolute atomic E-state index is 13.8. The van der Waals surface area contributed by atoms with Gasteiger partial charge < -0.3 is 20.5 Å². The lowest BCUT2D eigenvalue weighted by atomic mass is 9.78. The van der Waals surface area contributed by atoms with Crippen LogP contribution in [0.15, 0.2) is 85.1 Å². The van der Waals surface area contributed by atoms with E-state index in [1.807, 2.05) is 69.7 Å². The number of para-hydroxylation sites is 1. The fourth-order valence-corrected chi connectivity index (χ4v) is 6.09. The molecule has 0 spiro atoms. The molecule has 1 fully saturated rings. The van der Waals surface area contributed by atoms with Crippen molar-refractivity contribution in [3.05, 3.63) is 102 Å². The van der Waals surface area contributed by atoms with Gasteiger partial charge in [0.25, 0.3) is 0 Å². The molecular formula is C34H40N4O2. The van der Waals surface area contributed by atoms with Crippen LogP contribution in [0.2, 0.25) is 0 Å². The maximum Gasteiger partial charge on any atom is 0.247 e. The predicted molar refractivity (Wildman–Crippen MR) is 162 cm³/mol. The zero-order chi connectivity index (χ0) is 28.1. The summed E-state index contributed by atoms with van der Waals surface area (Å²) < 4.78 is 0. The molecule has 3 N–H and O–H groups in total. The lowest BCUT2D eigenvalue weighted by Gasteiger charge is -2.31. The van der Waals surface area contributed by atoms with E-state index in [0.29, 0.717) is 5.92 Å². The highest BCUT2D eigenvalue weighted by molar-refractivity contribution is 5.99. The third kappa shape index (κ3) is 6.45. The summed E-state index contributed by atoms with van der Waals surface area (Å²) >= 11 is 0. The van der Waals surface area contributed by atoms with Gasteiger partial charge in [-0.25, -0.2) is 0 Å². The fraction of sp³-hybridized carbons (Fsp3) is 0.353. The molecule has 1 aromatic heterocycles. The number of nitrogens with one attached hydrogen (secondary N) is 3. The second kappa shape index (κ2) is 12.5. The van der Waals surface area contributed by atoms with E-state index in [2.05, 4.69) is 56.9 Å². The van der Waals surface area contributed by atoms with Crippen molar-refractivity contribution >= 4 is 28.4 Å². The van der Waals surface area contributed by atoms with E-state index >= 15 is 0 Å². The molecule has 2 atom stereocenters. The number of carbonyl (C=O) groups excluding carboxylic acids is 2. The molecule has 0 saturated heterocycles. The summed E-state index contributed by atoms with van der Waals surface area (Å²) in [6.07, 6.45) is 5.58. The minimum atomic E-state index is -0.712. The monoisotopic (exact) mass is 536 g/mol. The van der Waals surface area contributed by atoms with Crippen molar-refractivity contribution in [2.45, 2.75) is 57.0 Å². The number of H-pyrrole nitrogens is 1. The topological polar surface area (TPSA) is 77.2 Å². The summed E-state index contributed by atoms with van der Waals surface area (Å²) in [5.41, 5.74) is 5.24. The second-order valence-electron chi connectivity index (χ2n) is 11.5. The van der Waals surface area contributed by atoms with Crippen molar-refractivity contribution in [2.75, 3.05) is 19.4 Å². The van der Waals surface area contributed by atoms with E-state index < -0.39 is 6.04 Å². The smallest absolute Gasteiger partial charge is 0.247 e. The number of amides is 2. The van der Waals surface area contributed by atoms with Gasteiger partial charge in [-0.05, 0) is 80.6 Å². The van der Waals surface area contributed by atoms with Gasteiger partial charge >= 0.3 is 0 Å². The number of rotatable bonds is 9. The van der Waals surface area contributed by atoms with Crippen LogP contribution in [0.5, 0.6) is 0 Å². The van der Waals surface area contributed by atoms with Crippen molar-refractivity contribution < 1.29 is 9.59 Å². The Morgan fingerprint density at radius 3 is 2.40 bits per heavy atom. The third-order valence-corrected chi connectivity index (χ3v) is 8.25. The van der Waals surface area contributed by atoms with Gasteiger partial charge in [-0.1, -0.05) is 67.6 Å². The summed E-state index contributed by atoms with van der Waals surface area (Å²) in [6.45, 7) is 2.80. The van der Waals surface area contributed by atoms with Crippen molar-refractivity contribution in [1.29, 1.82) is 0 Å². The summed E-state index contributed by atoms with van der Waals surface area (Å²) in [4.78, 5) is 32.9. The van der Waals surface area contributed by atoms with Crippen LogP contribution in [-0.2, 0) is 16.1 Å². The predicted octanol–water partition coefficient (Wildman–Crippen LogP) is 6.43. The highest BCUT2D eigenvalue weighted by atomic mass is 16.2. The van der Waals surface area contributed by atoms with Gasteiger partial charge in [0.05, 0.1) is 0 Å². The lowest BCUT2D eigenvalue weighted by molar-refractivity contribution is -0.130. The number of aromatic nitrogens is 1. The maximum atomic E-state index is 13.8. The van der Waals surface area contributed by atoms with Crippen LogP contribution in [0.25, 0.3) is 10.9 Å². The molecule has 1 aliphatic carbocycles. The molecule has 0 aliphatic heterocycles. The quantitative estimate of drug-likeness (QED) is 0.231. The normalized spacial score (nSPS) is 18.8. The van der Waals surface area contributed by atoms with Crippen molar-refractivity contribution in [2.24, 2.45) is 5.92 Å². The Balaban J connectivity index is 1.34. The number of anilines is 1. The van der Waals surface area contributed by atoms with Gasteiger partial charge in [0, 0.05) is 41.2 Å². The van der Waals surface area contributed by atoms with Crippen LogP contribution in [0, 0.1) is 5.92 Å². The molecule has 4 aromatic rings. The van der Waals surface area contributed by atoms with E-state index in [9.17, 15) is 9.59 Å². The number of fused-ring (bicyclic) bond motifs is 1. The molecule has 0 unspecified atom stereocenters. The minimum absolute atomic E-state index is 0.0280. The zero-order valence-electron chi connectivity index (χ0n) is 23.7. The average Bonchev–Trinajstić information content (AvgIpc) is 3.40. The van der Waals surface area contributed by atoms with Crippen LogP contribution in [-0.4, -0.2) is 41.8 Å². The molecule has 1 aliphatic rings. The first-order chi connectivity index (χ1) is 19.4. The molecule has 0 radical (unpaired) electrons. The van der Waals surface area contributed by atoms with Gasteiger partial charge in [0.2, 0.25) is 11.8 Å². The van der Waals surface area contributed by atoms with E-state index in [1.54, 1.807) is 0 Å². The number of aromatic amines is 1. The van der Waals surface area contributed by atoms with E-state index in [-0.39, 0.29) is 23.7 Å². The van der Waals surface area contributed by atoms with Crippen LogP contribution < -0.4 is 10.6 Å². The fourth-order valence-electron chi connectivity index (χ4n) is 6.09. The summed E-state index contributed by atoms with van der Waals surface area (Å²) in [5, 5.41) is 7.36. The molecule has 1 saturated carbocycles. The van der Waals surface area contributed by atoms with Crippen LogP contribution in [0.3, 0.4) is 0 Å². The van der Waals surface area contributed by atoms with Crippen LogP contribution in [0.1, 0.15) is 61.1 Å². The molecule has 6 nitrogen and oxygen atoms in total. The Hall–Kier alpha value is -3.90. The van der Waals surface area contributed by atoms with Crippen molar-refractivity contribution in [1.82, 2.24) is 15.2 Å². The Kier molecular flexibility index (Phi) is 8.66. The first kappa shape index (κ1) is 27.7. The molecule has 1 heterocycles. The van der Waals surface area contributed by atoms with Gasteiger partial charge in [0.1, 0.15) is 6.04 Å². The Labute approximate surface area is 237 Å². The summed E-state index contributed by atoms with van der Waals surface area (Å²) in [5.74, 6) is -0.0608. The molecular weight excluding hydrogens is 496 g/mol. The van der Waals surface area contributed by atoms with Crippen LogP contribution >= 0.6 is 0 Å². The van der Waals surface area contributed by atoms with Gasteiger partial charge in [-0.2, -0.15) is 0 Å². The molecule has 0 bridgehead atoms. The Morgan fingerprint density at radius 2 is 1.65 bits per heavy atom. The standard InChI is InChI=1S/C34H40N4O2/c1-23(30-21-35-31-15-8-7-14-29(30)31)32(34(40)36-28-13-9-10-24(20-28)22-38(2)3)37-33(39)27-18-16-26(17-19-27)25-11-5-4-6-12-25/h4-15,20-21,23,26-27,32,35H,16-19,22H2,1-3H3,(H,36,40)(H,37,39)/t23-,26?,27?,32+/m0/s1. The number of hydrogen-bond donors (Lipinski definition) is 3. The van der Waals surface area contributed by atoms with E-state index in [4.69, 9.17) is 0 Å². The highest BCUT2D eigenvalue weighted by Gasteiger charge is 2.33. The van der Waals surface area contributed by atoms with Gasteiger partial charge in [0.15, 0.2) is 0 Å². The molecule has 6 heteroatoms. The Morgan fingerprint density at radius 1 is 0.925 bits per heavy atom. The van der Waals surface area contributed by atoms with E-state index in [1.165, 1.54) is 5.56 Å². The first-order valence-corrected chi connectivity index (χ1v) is 14.3. The summed E-state index contributed by atoms with van der Waals surface area (Å²) in [7, 11) is 4.04. The molecule has 208 valence electrons. The van der Waals surface area contributed by atoms with Crippen molar-refractivity contribution in [3.63, 3.8) is 0 Å². The lowest BCUT2D eigenvalue weighted by Crippen LogP contribution is -2.49. The number of benzene rings is 3. The third-order valence-electron chi connectivity index (χ3n) is 8.25. The van der Waals surface area contributed by atoms with Crippen LogP contribution in [0.4, 0.5) is 5.69 Å².